The number of carbonyl (C=O) groups excluding carboxylic acids is 1. The molecule has 7 heteroatoms. The minimum Gasteiger partial charge on any atom is -0.481 e. The maximum atomic E-state index is 12.5. The lowest BCUT2D eigenvalue weighted by molar-refractivity contribution is -0.152. The number of amides is 1. The number of carboxylic acids is 1. The number of hydrogen-bond acceptors (Lipinski definition) is 4. The van der Waals surface area contributed by atoms with Crippen LogP contribution in [0.15, 0.2) is 0 Å². The fraction of sp³-hybridized carbons (Fsp3) is 0.846. The number of hydrogen-bond donors (Lipinski definition) is 1. The van der Waals surface area contributed by atoms with Crippen LogP contribution in [-0.4, -0.2) is 54.9 Å². The molecule has 0 unspecified atom stereocenters. The predicted molar refractivity (Wildman–Crippen MR) is 72.9 cm³/mol. The molecule has 20 heavy (non-hydrogen) atoms. The van der Waals surface area contributed by atoms with Crippen LogP contribution in [0.2, 0.25) is 0 Å². The highest BCUT2D eigenvalue weighted by Crippen LogP contribution is 2.32. The summed E-state index contributed by atoms with van der Waals surface area (Å²) in [7, 11) is -1.45. The normalized spacial score (nSPS) is 32.8. The van der Waals surface area contributed by atoms with Gasteiger partial charge in [-0.15, -0.1) is 0 Å². The first kappa shape index (κ1) is 15.3. The van der Waals surface area contributed by atoms with E-state index in [0.29, 0.717) is 19.3 Å². The van der Waals surface area contributed by atoms with E-state index in [1.807, 2.05) is 0 Å². The molecule has 2 fully saturated rings. The van der Waals surface area contributed by atoms with Crippen LogP contribution < -0.4 is 0 Å². The highest BCUT2D eigenvalue weighted by molar-refractivity contribution is 7.91. The molecule has 1 amide bonds. The molecule has 0 aromatic carbocycles. The van der Waals surface area contributed by atoms with Crippen molar-refractivity contribution < 1.29 is 23.1 Å². The third-order valence-electron chi connectivity index (χ3n) is 4.50. The van der Waals surface area contributed by atoms with Gasteiger partial charge in [-0.05, 0) is 19.3 Å². The van der Waals surface area contributed by atoms with Gasteiger partial charge in [-0.2, -0.15) is 0 Å². The Hall–Kier alpha value is -1.11. The van der Waals surface area contributed by atoms with Crippen molar-refractivity contribution >= 4 is 21.7 Å². The van der Waals surface area contributed by atoms with Gasteiger partial charge in [0.15, 0.2) is 9.84 Å². The lowest BCUT2D eigenvalue weighted by Gasteiger charge is -2.33. The van der Waals surface area contributed by atoms with E-state index < -0.39 is 27.6 Å². The predicted octanol–water partition coefficient (Wildman–Crippen LogP) is 0.523. The summed E-state index contributed by atoms with van der Waals surface area (Å²) in [5.74, 6) is -2.15. The second-order valence-corrected chi connectivity index (χ2v) is 8.07. The second kappa shape index (κ2) is 5.71. The van der Waals surface area contributed by atoms with Crippen LogP contribution in [0, 0.1) is 11.8 Å². The number of nitrogens with zero attached hydrogens (tertiary/aromatic N) is 1. The number of carboxylic acid groups (broad SMARTS) is 1. The second-order valence-electron chi connectivity index (χ2n) is 5.84. The molecule has 1 N–H and O–H groups in total. The van der Waals surface area contributed by atoms with Crippen LogP contribution in [0.3, 0.4) is 0 Å². The molecule has 1 aliphatic carbocycles. The van der Waals surface area contributed by atoms with E-state index in [0.717, 1.165) is 12.8 Å². The first-order valence-corrected chi connectivity index (χ1v) is 8.84. The molecule has 1 heterocycles. The Balaban J connectivity index is 2.07. The smallest absolute Gasteiger partial charge is 0.307 e. The van der Waals surface area contributed by atoms with Gasteiger partial charge in [-0.3, -0.25) is 9.59 Å². The van der Waals surface area contributed by atoms with Crippen LogP contribution in [0.25, 0.3) is 0 Å². The van der Waals surface area contributed by atoms with E-state index in [2.05, 4.69) is 0 Å². The van der Waals surface area contributed by atoms with Crippen molar-refractivity contribution in [3.05, 3.63) is 0 Å². The summed E-state index contributed by atoms with van der Waals surface area (Å²) in [5.41, 5.74) is 0. The van der Waals surface area contributed by atoms with E-state index >= 15 is 0 Å². The van der Waals surface area contributed by atoms with E-state index in [-0.39, 0.29) is 23.5 Å². The van der Waals surface area contributed by atoms with Crippen molar-refractivity contribution in [2.75, 3.05) is 18.6 Å². The average Bonchev–Trinajstić information content (AvgIpc) is 2.77. The van der Waals surface area contributed by atoms with Crippen molar-refractivity contribution in [1.29, 1.82) is 0 Å². The zero-order chi connectivity index (χ0) is 14.9. The lowest BCUT2D eigenvalue weighted by atomic mass is 9.78. The van der Waals surface area contributed by atoms with Crippen LogP contribution >= 0.6 is 0 Å². The van der Waals surface area contributed by atoms with Gasteiger partial charge in [0, 0.05) is 13.1 Å². The number of rotatable bonds is 3. The Morgan fingerprint density at radius 2 is 1.70 bits per heavy atom. The molecule has 1 aliphatic heterocycles. The van der Waals surface area contributed by atoms with E-state index in [1.165, 1.54) is 4.90 Å². The summed E-state index contributed by atoms with van der Waals surface area (Å²) in [5, 5.41) is 9.22. The van der Waals surface area contributed by atoms with Crippen LogP contribution in [0.1, 0.15) is 32.1 Å². The van der Waals surface area contributed by atoms with Gasteiger partial charge < -0.3 is 10.0 Å². The summed E-state index contributed by atoms with van der Waals surface area (Å²) < 4.78 is 23.0. The molecule has 0 radical (unpaired) electrons. The maximum Gasteiger partial charge on any atom is 0.307 e. The van der Waals surface area contributed by atoms with Crippen molar-refractivity contribution in [2.45, 2.75) is 38.1 Å². The Kier molecular flexibility index (Phi) is 4.36. The van der Waals surface area contributed by atoms with Crippen LogP contribution in [0.5, 0.6) is 0 Å². The Morgan fingerprint density at radius 1 is 1.10 bits per heavy atom. The lowest BCUT2D eigenvalue weighted by Crippen LogP contribution is -2.45. The summed E-state index contributed by atoms with van der Waals surface area (Å²) in [6.07, 6.45) is 3.26. The van der Waals surface area contributed by atoms with Gasteiger partial charge in [0.25, 0.3) is 0 Å². The standard InChI is InChI=1S/C13H21NO5S/c1-14(9-6-7-20(18,19)8-9)12(15)10-4-2-3-5-11(10)13(16)17/h9-11H,2-8H2,1H3,(H,16,17)/t9-,10+,11+/m0/s1. The minimum absolute atomic E-state index is 0.000300. The topological polar surface area (TPSA) is 91.8 Å². The quantitative estimate of drug-likeness (QED) is 0.821. The maximum absolute atomic E-state index is 12.5. The molecule has 0 aromatic heterocycles. The van der Waals surface area contributed by atoms with Gasteiger partial charge in [-0.1, -0.05) is 12.8 Å². The molecule has 2 rings (SSSR count). The molecular weight excluding hydrogens is 282 g/mol. The zero-order valence-electron chi connectivity index (χ0n) is 11.6. The molecular formula is C13H21NO5S. The SMILES string of the molecule is CN(C(=O)[C@@H]1CCCC[C@H]1C(=O)O)[C@H]1CCS(=O)(=O)C1. The summed E-state index contributed by atoms with van der Waals surface area (Å²) in [6.45, 7) is 0. The van der Waals surface area contributed by atoms with E-state index in [4.69, 9.17) is 0 Å². The van der Waals surface area contributed by atoms with Gasteiger partial charge >= 0.3 is 5.97 Å². The largest absolute Gasteiger partial charge is 0.481 e. The molecule has 3 atom stereocenters. The highest BCUT2D eigenvalue weighted by atomic mass is 32.2. The number of aliphatic carboxylic acids is 1. The number of sulfone groups is 1. The molecule has 114 valence electrons. The molecule has 0 aromatic rings. The zero-order valence-corrected chi connectivity index (χ0v) is 12.4. The van der Waals surface area contributed by atoms with Gasteiger partial charge in [0.2, 0.25) is 5.91 Å². The Bertz CT molecular complexity index is 501. The molecule has 0 spiro atoms. The van der Waals surface area contributed by atoms with Gasteiger partial charge in [0.1, 0.15) is 0 Å². The fourth-order valence-electron chi connectivity index (χ4n) is 3.24. The van der Waals surface area contributed by atoms with E-state index in [9.17, 15) is 23.1 Å². The van der Waals surface area contributed by atoms with Crippen LogP contribution in [-0.2, 0) is 19.4 Å². The highest BCUT2D eigenvalue weighted by Gasteiger charge is 2.40. The monoisotopic (exact) mass is 303 g/mol. The molecule has 0 bridgehead atoms. The molecule has 1 saturated carbocycles. The third kappa shape index (κ3) is 3.13. The summed E-state index contributed by atoms with van der Waals surface area (Å²) >= 11 is 0. The summed E-state index contributed by atoms with van der Waals surface area (Å²) in [4.78, 5) is 25.2. The van der Waals surface area contributed by atoms with Crippen molar-refractivity contribution in [3.63, 3.8) is 0 Å². The van der Waals surface area contributed by atoms with Crippen molar-refractivity contribution in [3.8, 4) is 0 Å². The Labute approximate surface area is 119 Å². The van der Waals surface area contributed by atoms with E-state index in [1.54, 1.807) is 7.05 Å². The van der Waals surface area contributed by atoms with Crippen molar-refractivity contribution in [2.24, 2.45) is 11.8 Å². The first-order valence-electron chi connectivity index (χ1n) is 7.02. The molecule has 1 saturated heterocycles. The van der Waals surface area contributed by atoms with Gasteiger partial charge in [0.05, 0.1) is 23.3 Å². The molecule has 2 aliphatic rings. The Morgan fingerprint density at radius 3 is 2.20 bits per heavy atom. The first-order chi connectivity index (χ1) is 9.32. The molecule has 6 nitrogen and oxygen atoms in total. The third-order valence-corrected chi connectivity index (χ3v) is 6.25. The summed E-state index contributed by atoms with van der Waals surface area (Å²) in [6, 6.07) is -0.302. The minimum atomic E-state index is -3.04. The number of carbonyl (C=O) groups is 2. The van der Waals surface area contributed by atoms with Gasteiger partial charge in [-0.25, -0.2) is 8.42 Å². The average molecular weight is 303 g/mol. The van der Waals surface area contributed by atoms with Crippen molar-refractivity contribution in [1.82, 2.24) is 4.90 Å². The van der Waals surface area contributed by atoms with Crippen LogP contribution in [0.4, 0.5) is 0 Å². The fourth-order valence-corrected chi connectivity index (χ4v) is 5.02.